The zero-order valence-corrected chi connectivity index (χ0v) is 12.6. The van der Waals surface area contributed by atoms with Crippen LogP contribution in [0.25, 0.3) is 6.08 Å². The molecule has 0 spiro atoms. The van der Waals surface area contributed by atoms with Gasteiger partial charge in [-0.05, 0) is 6.08 Å². The van der Waals surface area contributed by atoms with Gasteiger partial charge in [0.05, 0.1) is 25.4 Å². The summed E-state index contributed by atoms with van der Waals surface area (Å²) in [7, 11) is 1.20. The fourth-order valence-corrected chi connectivity index (χ4v) is 2.40. The molecule has 0 aromatic carbocycles. The third kappa shape index (κ3) is 3.41. The van der Waals surface area contributed by atoms with Gasteiger partial charge in [0.25, 0.3) is 5.56 Å². The number of methoxy groups -OCH3 is 1. The molecule has 0 unspecified atom stereocenters. The quantitative estimate of drug-likeness (QED) is 0.458. The van der Waals surface area contributed by atoms with Crippen LogP contribution in [0.5, 0.6) is 0 Å². The van der Waals surface area contributed by atoms with E-state index in [0.29, 0.717) is 0 Å². The van der Waals surface area contributed by atoms with Gasteiger partial charge in [0.2, 0.25) is 0 Å². The van der Waals surface area contributed by atoms with Gasteiger partial charge in [0.15, 0.2) is 0 Å². The number of hydrogen-bond donors (Lipinski definition) is 3. The van der Waals surface area contributed by atoms with E-state index in [1.807, 2.05) is 0 Å². The van der Waals surface area contributed by atoms with Crippen molar-refractivity contribution in [2.24, 2.45) is 5.92 Å². The Bertz CT molecular complexity index is 721. The zero-order chi connectivity index (χ0) is 17.1. The maximum absolute atomic E-state index is 12.0. The predicted molar refractivity (Wildman–Crippen MR) is 78.5 cm³/mol. The Morgan fingerprint density at radius 2 is 2.22 bits per heavy atom. The molecule has 0 radical (unpaired) electrons. The summed E-state index contributed by atoms with van der Waals surface area (Å²) < 4.78 is 11.0. The number of nitrogens with zero attached hydrogens (tertiary/aromatic N) is 1. The summed E-state index contributed by atoms with van der Waals surface area (Å²) in [4.78, 5) is 37.0. The van der Waals surface area contributed by atoms with E-state index in [2.05, 4.69) is 9.72 Å². The number of esters is 1. The van der Waals surface area contributed by atoms with E-state index in [4.69, 9.17) is 9.84 Å². The highest BCUT2D eigenvalue weighted by molar-refractivity contribution is 5.86. The van der Waals surface area contributed by atoms with Gasteiger partial charge in [0.1, 0.15) is 12.3 Å². The van der Waals surface area contributed by atoms with Gasteiger partial charge >= 0.3 is 11.7 Å². The molecule has 1 fully saturated rings. The van der Waals surface area contributed by atoms with Crippen molar-refractivity contribution in [3.8, 4) is 0 Å². The number of H-pyrrole nitrogens is 1. The Hall–Kier alpha value is -2.23. The van der Waals surface area contributed by atoms with Crippen molar-refractivity contribution in [2.45, 2.75) is 25.4 Å². The summed E-state index contributed by atoms with van der Waals surface area (Å²) in [5.41, 5.74) is -1.34. The van der Waals surface area contributed by atoms with Gasteiger partial charge in [-0.25, -0.2) is 9.59 Å². The number of aliphatic hydroxyl groups is 2. The first-order chi connectivity index (χ1) is 10.9. The molecule has 1 saturated heterocycles. The summed E-state index contributed by atoms with van der Waals surface area (Å²) in [6.45, 7) is 1.27. The van der Waals surface area contributed by atoms with Crippen molar-refractivity contribution in [3.05, 3.63) is 38.7 Å². The Morgan fingerprint density at radius 3 is 2.78 bits per heavy atom. The number of nitrogens with one attached hydrogen (secondary N) is 1. The molecule has 9 heteroatoms. The molecule has 0 saturated carbocycles. The topological polar surface area (TPSA) is 131 Å². The molecule has 4 atom stereocenters. The molecule has 0 aliphatic carbocycles. The van der Waals surface area contributed by atoms with Crippen molar-refractivity contribution >= 4 is 12.0 Å². The molecular formula is C14H18N2O7. The summed E-state index contributed by atoms with van der Waals surface area (Å²) in [6, 6.07) is 0. The molecule has 23 heavy (non-hydrogen) atoms. The average molecular weight is 326 g/mol. The molecule has 1 aliphatic heterocycles. The molecule has 1 aliphatic rings. The van der Waals surface area contributed by atoms with Crippen LogP contribution >= 0.6 is 0 Å². The van der Waals surface area contributed by atoms with Crippen molar-refractivity contribution in [1.82, 2.24) is 9.55 Å². The molecule has 0 bridgehead atoms. The van der Waals surface area contributed by atoms with Gasteiger partial charge in [-0.15, -0.1) is 0 Å². The fourth-order valence-electron chi connectivity index (χ4n) is 2.40. The lowest BCUT2D eigenvalue weighted by Gasteiger charge is -2.18. The Morgan fingerprint density at radius 1 is 1.52 bits per heavy atom. The van der Waals surface area contributed by atoms with Crippen LogP contribution in [-0.2, 0) is 14.3 Å². The summed E-state index contributed by atoms with van der Waals surface area (Å²) in [5, 5.41) is 19.1. The second-order valence-corrected chi connectivity index (χ2v) is 5.20. The van der Waals surface area contributed by atoms with E-state index in [1.54, 1.807) is 6.92 Å². The molecule has 0 amide bonds. The largest absolute Gasteiger partial charge is 0.466 e. The number of carbonyl (C=O) groups is 1. The monoisotopic (exact) mass is 326 g/mol. The van der Waals surface area contributed by atoms with Crippen molar-refractivity contribution < 1.29 is 24.5 Å². The van der Waals surface area contributed by atoms with Crippen LogP contribution in [-0.4, -0.2) is 51.7 Å². The van der Waals surface area contributed by atoms with E-state index in [-0.39, 0.29) is 5.56 Å². The van der Waals surface area contributed by atoms with Crippen LogP contribution in [0, 0.1) is 5.92 Å². The Balaban J connectivity index is 2.40. The highest BCUT2D eigenvalue weighted by Crippen LogP contribution is 2.33. The van der Waals surface area contributed by atoms with Gasteiger partial charge in [-0.2, -0.15) is 0 Å². The lowest BCUT2D eigenvalue weighted by atomic mass is 10.0. The molecule has 9 nitrogen and oxygen atoms in total. The highest BCUT2D eigenvalue weighted by atomic mass is 16.5. The lowest BCUT2D eigenvalue weighted by molar-refractivity contribution is -0.134. The summed E-state index contributed by atoms with van der Waals surface area (Å²) in [6.07, 6.45) is 0.871. The van der Waals surface area contributed by atoms with Crippen molar-refractivity contribution in [1.29, 1.82) is 0 Å². The average Bonchev–Trinajstić information content (AvgIpc) is 2.81. The first-order valence-corrected chi connectivity index (χ1v) is 6.95. The third-order valence-corrected chi connectivity index (χ3v) is 3.73. The highest BCUT2D eigenvalue weighted by Gasteiger charge is 2.41. The molecule has 1 aromatic rings. The van der Waals surface area contributed by atoms with Gasteiger partial charge in [-0.1, -0.05) is 6.92 Å². The Labute approximate surface area is 130 Å². The standard InChI is InChI=1S/C14H18N2O7/c1-7-11(19)9(6-17)23-13(7)16-5-8(3-4-10(18)22-2)12(20)15-14(16)21/h3-5,7,9,11,13,17,19H,6H2,1-2H3,(H,15,20,21)/b4-3+/t7-,9+,11-,13+/m0/s1. The molecule has 3 N–H and O–H groups in total. The fraction of sp³-hybridized carbons (Fsp3) is 0.500. The normalized spacial score (nSPS) is 27.5. The zero-order valence-electron chi connectivity index (χ0n) is 12.6. The van der Waals surface area contributed by atoms with E-state index in [9.17, 15) is 19.5 Å². The van der Waals surface area contributed by atoms with Crippen LogP contribution in [0.1, 0.15) is 18.7 Å². The second kappa shape index (κ2) is 6.90. The summed E-state index contributed by atoms with van der Waals surface area (Å²) in [5.74, 6) is -1.13. The van der Waals surface area contributed by atoms with Gasteiger partial charge in [0, 0.05) is 18.2 Å². The molecule has 2 heterocycles. The first-order valence-electron chi connectivity index (χ1n) is 6.95. The summed E-state index contributed by atoms with van der Waals surface area (Å²) >= 11 is 0. The van der Waals surface area contributed by atoms with E-state index < -0.39 is 48.2 Å². The number of hydrogen-bond acceptors (Lipinski definition) is 7. The van der Waals surface area contributed by atoms with Crippen LogP contribution in [0.3, 0.4) is 0 Å². The SMILES string of the molecule is COC(=O)/C=C/c1cn([C@@H]2O[C@H](CO)[C@@H](O)[C@@H]2C)c(=O)[nH]c1=O. The van der Waals surface area contributed by atoms with Gasteiger partial charge < -0.3 is 19.7 Å². The van der Waals surface area contributed by atoms with E-state index in [0.717, 1.165) is 10.6 Å². The maximum atomic E-state index is 12.0. The van der Waals surface area contributed by atoms with Crippen molar-refractivity contribution in [2.75, 3.05) is 13.7 Å². The molecule has 2 rings (SSSR count). The number of aromatic amines is 1. The van der Waals surface area contributed by atoms with Crippen LogP contribution in [0.15, 0.2) is 21.9 Å². The minimum atomic E-state index is -0.946. The lowest BCUT2D eigenvalue weighted by Crippen LogP contribution is -2.35. The maximum Gasteiger partial charge on any atom is 0.330 e. The molecule has 126 valence electrons. The smallest absolute Gasteiger partial charge is 0.330 e. The van der Waals surface area contributed by atoms with Crippen LogP contribution < -0.4 is 11.2 Å². The van der Waals surface area contributed by atoms with Crippen molar-refractivity contribution in [3.63, 3.8) is 0 Å². The number of rotatable bonds is 4. The first kappa shape index (κ1) is 17.1. The predicted octanol–water partition coefficient (Wildman–Crippen LogP) is -1.39. The minimum Gasteiger partial charge on any atom is -0.466 e. The van der Waals surface area contributed by atoms with Crippen LogP contribution in [0.4, 0.5) is 0 Å². The van der Waals surface area contributed by atoms with E-state index in [1.165, 1.54) is 19.4 Å². The van der Waals surface area contributed by atoms with Gasteiger partial charge in [-0.3, -0.25) is 14.3 Å². The van der Waals surface area contributed by atoms with E-state index >= 15 is 0 Å². The number of aromatic nitrogens is 2. The third-order valence-electron chi connectivity index (χ3n) is 3.73. The Kier molecular flexibility index (Phi) is 5.14. The number of ether oxygens (including phenoxy) is 2. The second-order valence-electron chi connectivity index (χ2n) is 5.20. The molecular weight excluding hydrogens is 308 g/mol. The number of aliphatic hydroxyl groups excluding tert-OH is 2. The number of carbonyl (C=O) groups excluding carboxylic acids is 1. The van der Waals surface area contributed by atoms with Crippen LogP contribution in [0.2, 0.25) is 0 Å². The minimum absolute atomic E-state index is 0.0488. The molecule has 1 aromatic heterocycles.